The Bertz CT molecular complexity index is 367. The van der Waals surface area contributed by atoms with Crippen LogP contribution in [0.1, 0.15) is 6.92 Å². The van der Waals surface area contributed by atoms with Gasteiger partial charge in [-0.15, -0.1) is 0 Å². The summed E-state index contributed by atoms with van der Waals surface area (Å²) in [5.74, 6) is 0.0479. The van der Waals surface area contributed by atoms with Crippen molar-refractivity contribution >= 4 is 28.7 Å². The molecule has 3 N–H and O–H groups in total. The van der Waals surface area contributed by atoms with Crippen molar-refractivity contribution in [3.8, 4) is 5.88 Å². The van der Waals surface area contributed by atoms with E-state index in [2.05, 4.69) is 4.98 Å². The Labute approximate surface area is 85.2 Å². The number of methoxy groups -OCH3 is 1. The fourth-order valence-electron chi connectivity index (χ4n) is 0.859. The molecule has 0 aromatic carbocycles. The van der Waals surface area contributed by atoms with Gasteiger partial charge in [0.1, 0.15) is 0 Å². The molecule has 1 aromatic rings. The molecule has 1 aromatic heterocycles. The zero-order valence-corrected chi connectivity index (χ0v) is 9.47. The molecule has 0 spiro atoms. The van der Waals surface area contributed by atoms with Crippen LogP contribution in [0.3, 0.4) is 0 Å². The lowest BCUT2D eigenvalue weighted by atomic mass is 10.9. The number of aromatic nitrogens is 1. The van der Waals surface area contributed by atoms with Gasteiger partial charge in [-0.1, -0.05) is 11.3 Å². The van der Waals surface area contributed by atoms with Crippen LogP contribution in [0.25, 0.3) is 0 Å². The first-order valence-electron chi connectivity index (χ1n) is 3.79. The summed E-state index contributed by atoms with van der Waals surface area (Å²) >= 11 is 0.889. The number of nitrogen functional groups attached to an aromatic ring is 1. The Hall–Kier alpha value is -0.620. The second kappa shape index (κ2) is 4.27. The summed E-state index contributed by atoms with van der Waals surface area (Å²) in [6, 6.07) is 0. The van der Waals surface area contributed by atoms with Gasteiger partial charge in [-0.05, 0) is 6.92 Å². The smallest absolute Gasteiger partial charge is 0.374 e. The number of anilines is 1. The van der Waals surface area contributed by atoms with Crippen LogP contribution in [0.15, 0.2) is 0 Å². The van der Waals surface area contributed by atoms with Crippen molar-refractivity contribution in [2.45, 2.75) is 6.92 Å². The summed E-state index contributed by atoms with van der Waals surface area (Å²) in [5, 5.41) is 0.172. The molecular weight excluding hydrogens is 227 g/mol. The van der Waals surface area contributed by atoms with Gasteiger partial charge in [0.25, 0.3) is 0 Å². The molecule has 6 nitrogen and oxygen atoms in total. The van der Waals surface area contributed by atoms with Gasteiger partial charge in [0.2, 0.25) is 5.88 Å². The fraction of sp³-hybridized carbons (Fsp3) is 0.500. The third-order valence-electron chi connectivity index (χ3n) is 1.35. The van der Waals surface area contributed by atoms with Crippen LogP contribution in [0.2, 0.25) is 0 Å². The topological polar surface area (TPSA) is 94.7 Å². The average molecular weight is 238 g/mol. The lowest BCUT2D eigenvalue weighted by Gasteiger charge is -2.08. The molecule has 0 saturated carbocycles. The summed E-state index contributed by atoms with van der Waals surface area (Å²) in [6.45, 7) is 1.76. The van der Waals surface area contributed by atoms with E-state index >= 15 is 0 Å². The van der Waals surface area contributed by atoms with Gasteiger partial charge >= 0.3 is 7.60 Å². The molecule has 1 rings (SSSR count). The van der Waals surface area contributed by atoms with Crippen LogP contribution in [0.4, 0.5) is 5.13 Å². The maximum Gasteiger partial charge on any atom is 0.374 e. The minimum atomic E-state index is -3.83. The van der Waals surface area contributed by atoms with E-state index < -0.39 is 7.60 Å². The fourth-order valence-corrected chi connectivity index (χ4v) is 3.15. The van der Waals surface area contributed by atoms with Crippen LogP contribution >= 0.6 is 18.9 Å². The lowest BCUT2D eigenvalue weighted by Crippen LogP contribution is -2.06. The highest BCUT2D eigenvalue weighted by Crippen LogP contribution is 2.45. The molecule has 0 saturated heterocycles. The van der Waals surface area contributed by atoms with E-state index in [1.807, 2.05) is 0 Å². The molecule has 0 aliphatic rings. The number of nitrogens with two attached hydrogens (primary N) is 1. The second-order valence-corrected chi connectivity index (χ2v) is 5.38. The van der Waals surface area contributed by atoms with Crippen LogP contribution < -0.4 is 15.1 Å². The molecule has 8 heteroatoms. The Morgan fingerprint density at radius 3 is 2.86 bits per heavy atom. The minimum absolute atomic E-state index is 0.0411. The Morgan fingerprint density at radius 2 is 2.36 bits per heavy atom. The number of ether oxygens (including phenoxy) is 1. The van der Waals surface area contributed by atoms with Crippen molar-refractivity contribution in [2.75, 3.05) is 19.5 Å². The highest BCUT2D eigenvalue weighted by atomic mass is 32.1. The monoisotopic (exact) mass is 238 g/mol. The number of hydrogen-bond donors (Lipinski definition) is 2. The maximum atomic E-state index is 11.6. The van der Waals surface area contributed by atoms with Gasteiger partial charge in [0.05, 0.1) is 13.7 Å². The summed E-state index contributed by atoms with van der Waals surface area (Å²) in [5.41, 5.74) is 5.39. The predicted octanol–water partition coefficient (Wildman–Crippen LogP) is 0.581. The average Bonchev–Trinajstić information content (AvgIpc) is 2.47. The summed E-state index contributed by atoms with van der Waals surface area (Å²) in [6.07, 6.45) is 0. The van der Waals surface area contributed by atoms with Gasteiger partial charge < -0.3 is 19.9 Å². The summed E-state index contributed by atoms with van der Waals surface area (Å²) in [4.78, 5) is 13.2. The molecule has 0 radical (unpaired) electrons. The van der Waals surface area contributed by atoms with E-state index in [1.165, 1.54) is 7.11 Å². The molecule has 0 aliphatic carbocycles. The summed E-state index contributed by atoms with van der Waals surface area (Å²) in [7, 11) is -2.48. The zero-order chi connectivity index (χ0) is 10.8. The van der Waals surface area contributed by atoms with Crippen molar-refractivity contribution < 1.29 is 18.7 Å². The minimum Gasteiger partial charge on any atom is -0.480 e. The number of nitrogens with zero attached hydrogens (tertiary/aromatic N) is 1. The first-order valence-corrected chi connectivity index (χ1v) is 6.19. The number of hydrogen-bond acceptors (Lipinski definition) is 6. The first kappa shape index (κ1) is 11.5. The molecule has 0 bridgehead atoms. The van der Waals surface area contributed by atoms with E-state index in [9.17, 15) is 9.46 Å². The molecular formula is C6H11N2O4PS. The molecule has 1 atom stereocenters. The van der Waals surface area contributed by atoms with E-state index in [1.54, 1.807) is 6.92 Å². The molecule has 14 heavy (non-hydrogen) atoms. The maximum absolute atomic E-state index is 11.6. The molecule has 80 valence electrons. The number of thiazole rings is 1. The van der Waals surface area contributed by atoms with Gasteiger partial charge in [-0.3, -0.25) is 4.57 Å². The Kier molecular flexibility index (Phi) is 3.49. The van der Waals surface area contributed by atoms with Gasteiger partial charge in [-0.25, -0.2) is 0 Å². The highest BCUT2D eigenvalue weighted by molar-refractivity contribution is 7.68. The molecule has 0 amide bonds. The van der Waals surface area contributed by atoms with Crippen molar-refractivity contribution in [3.05, 3.63) is 0 Å². The van der Waals surface area contributed by atoms with E-state index in [0.717, 1.165) is 11.3 Å². The van der Waals surface area contributed by atoms with Crippen molar-refractivity contribution in [3.63, 3.8) is 0 Å². The molecule has 0 aliphatic heterocycles. The van der Waals surface area contributed by atoms with Crippen LogP contribution in [0, 0.1) is 0 Å². The summed E-state index contributed by atoms with van der Waals surface area (Å²) < 4.78 is 21.1. The van der Waals surface area contributed by atoms with E-state index in [0.29, 0.717) is 0 Å². The molecule has 1 unspecified atom stereocenters. The molecule has 1 heterocycles. The van der Waals surface area contributed by atoms with Gasteiger partial charge in [0.15, 0.2) is 9.75 Å². The van der Waals surface area contributed by atoms with Crippen molar-refractivity contribution in [1.29, 1.82) is 0 Å². The van der Waals surface area contributed by atoms with Gasteiger partial charge in [-0.2, -0.15) is 4.98 Å². The largest absolute Gasteiger partial charge is 0.480 e. The molecule has 0 fully saturated rings. The van der Waals surface area contributed by atoms with E-state index in [-0.39, 0.29) is 22.2 Å². The van der Waals surface area contributed by atoms with E-state index in [4.69, 9.17) is 15.0 Å². The Balaban J connectivity index is 3.10. The SMILES string of the molecule is CCOP(=O)(O)c1sc(N)nc1OC. The predicted molar refractivity (Wildman–Crippen MR) is 54.2 cm³/mol. The first-order chi connectivity index (χ1) is 6.51. The second-order valence-electron chi connectivity index (χ2n) is 2.30. The third-order valence-corrected chi connectivity index (χ3v) is 4.30. The Morgan fingerprint density at radius 1 is 1.71 bits per heavy atom. The normalized spacial score (nSPS) is 15.1. The lowest BCUT2D eigenvalue weighted by molar-refractivity contribution is 0.283. The van der Waals surface area contributed by atoms with Crippen LogP contribution in [-0.4, -0.2) is 23.6 Å². The van der Waals surface area contributed by atoms with Crippen molar-refractivity contribution in [2.24, 2.45) is 0 Å². The number of rotatable bonds is 4. The van der Waals surface area contributed by atoms with Gasteiger partial charge in [0, 0.05) is 0 Å². The standard InChI is InChI=1S/C6H11N2O4PS/c1-3-12-13(9,10)5-4(11-2)8-6(7)14-5/h3H2,1-2H3,(H2,7,8)(H,9,10). The third kappa shape index (κ3) is 2.24. The quantitative estimate of drug-likeness (QED) is 0.745. The van der Waals surface area contributed by atoms with Crippen molar-refractivity contribution in [1.82, 2.24) is 4.98 Å². The zero-order valence-electron chi connectivity index (χ0n) is 7.76. The highest BCUT2D eigenvalue weighted by Gasteiger charge is 2.30. The van der Waals surface area contributed by atoms with Crippen LogP contribution in [-0.2, 0) is 9.09 Å². The van der Waals surface area contributed by atoms with Crippen LogP contribution in [0.5, 0.6) is 5.88 Å².